The van der Waals surface area contributed by atoms with E-state index in [1.165, 1.54) is 0 Å². The van der Waals surface area contributed by atoms with E-state index in [2.05, 4.69) is 54.5 Å². The predicted molar refractivity (Wildman–Crippen MR) is 104 cm³/mol. The van der Waals surface area contributed by atoms with Crippen molar-refractivity contribution in [1.29, 1.82) is 0 Å². The Morgan fingerprint density at radius 1 is 1.46 bits per heavy atom. The van der Waals surface area contributed by atoms with Crippen LogP contribution in [0.2, 0.25) is 0 Å². The largest absolute Gasteiger partial charge is 0.395 e. The average molecular weight is 419 g/mol. The third kappa shape index (κ3) is 3.13. The Bertz CT molecular complexity index is 807. The van der Waals surface area contributed by atoms with Gasteiger partial charge in [-0.05, 0) is 53.4 Å². The predicted octanol–water partition coefficient (Wildman–Crippen LogP) is 2.23. The molecule has 7 nitrogen and oxygen atoms in total. The summed E-state index contributed by atoms with van der Waals surface area (Å²) in [6, 6.07) is 4.14. The van der Waals surface area contributed by atoms with E-state index in [1.54, 1.807) is 12.4 Å². The standard InChI is InChI=1S/C18H23BrN6O/c1-18(24-7-3-5-14(24)12-26)8-16(21-10-13-4-2-6-20-9-13)25-17(23-18)15(19)11-22-25/h2,4,6,8-9,11,14,21,23,26H,3,5,7,10,12H2,1H3/t14-,18?/m0/s1. The highest BCUT2D eigenvalue weighted by Crippen LogP contribution is 2.37. The number of aromatic nitrogens is 3. The Hall–Kier alpha value is -1.90. The molecule has 4 rings (SSSR count). The molecule has 0 radical (unpaired) electrons. The van der Waals surface area contributed by atoms with Crippen molar-refractivity contribution in [3.8, 4) is 0 Å². The lowest BCUT2D eigenvalue weighted by Crippen LogP contribution is -2.56. The highest BCUT2D eigenvalue weighted by Gasteiger charge is 2.41. The number of hydrogen-bond donors (Lipinski definition) is 3. The molecule has 3 N–H and O–H groups in total. The molecule has 2 atom stereocenters. The summed E-state index contributed by atoms with van der Waals surface area (Å²) < 4.78 is 2.78. The Kier molecular flexibility index (Phi) is 4.73. The first kappa shape index (κ1) is 17.5. The molecule has 1 fully saturated rings. The molecule has 0 bridgehead atoms. The Labute approximate surface area is 161 Å². The number of fused-ring (bicyclic) bond motifs is 1. The van der Waals surface area contributed by atoms with Gasteiger partial charge in [0.2, 0.25) is 0 Å². The van der Waals surface area contributed by atoms with E-state index in [-0.39, 0.29) is 12.6 Å². The van der Waals surface area contributed by atoms with Crippen molar-refractivity contribution in [2.45, 2.75) is 38.0 Å². The van der Waals surface area contributed by atoms with Crippen molar-refractivity contribution in [3.05, 3.63) is 46.8 Å². The minimum atomic E-state index is -0.403. The first-order valence-corrected chi connectivity index (χ1v) is 9.65. The molecule has 1 saturated heterocycles. The SMILES string of the molecule is CC1(N2CCC[C@H]2CO)C=C(NCc2cccnc2)n2ncc(Br)c2N1. The molecule has 0 aromatic carbocycles. The number of nitrogens with zero attached hydrogens (tertiary/aromatic N) is 4. The van der Waals surface area contributed by atoms with Crippen molar-refractivity contribution in [1.82, 2.24) is 25.0 Å². The number of rotatable bonds is 5. The molecule has 2 aromatic rings. The summed E-state index contributed by atoms with van der Waals surface area (Å²) in [6.07, 6.45) is 9.69. The number of anilines is 1. The maximum atomic E-state index is 9.77. The maximum Gasteiger partial charge on any atom is 0.147 e. The third-order valence-corrected chi connectivity index (χ3v) is 5.70. The summed E-state index contributed by atoms with van der Waals surface area (Å²) in [5.41, 5.74) is 0.704. The minimum absolute atomic E-state index is 0.163. The van der Waals surface area contributed by atoms with E-state index >= 15 is 0 Å². The zero-order valence-corrected chi connectivity index (χ0v) is 16.3. The van der Waals surface area contributed by atoms with Crippen molar-refractivity contribution in [2.75, 3.05) is 18.5 Å². The van der Waals surface area contributed by atoms with Gasteiger partial charge < -0.3 is 15.7 Å². The molecule has 4 heterocycles. The van der Waals surface area contributed by atoms with Crippen molar-refractivity contribution in [3.63, 3.8) is 0 Å². The summed E-state index contributed by atoms with van der Waals surface area (Å²) in [5, 5.41) is 21.3. The van der Waals surface area contributed by atoms with E-state index in [0.29, 0.717) is 6.54 Å². The molecule has 8 heteroatoms. The number of nitrogens with one attached hydrogen (secondary N) is 2. The first-order valence-electron chi connectivity index (χ1n) is 8.86. The lowest BCUT2D eigenvalue weighted by molar-refractivity contribution is 0.0999. The molecular weight excluding hydrogens is 396 g/mol. The molecule has 2 aromatic heterocycles. The number of pyridine rings is 1. The van der Waals surface area contributed by atoms with Gasteiger partial charge in [0.25, 0.3) is 0 Å². The van der Waals surface area contributed by atoms with Crippen LogP contribution in [-0.4, -0.2) is 49.6 Å². The fourth-order valence-corrected chi connectivity index (χ4v) is 4.20. The molecule has 1 unspecified atom stereocenters. The van der Waals surface area contributed by atoms with Gasteiger partial charge in [0.1, 0.15) is 17.3 Å². The van der Waals surface area contributed by atoms with Crippen LogP contribution in [0.5, 0.6) is 0 Å². The Morgan fingerprint density at radius 3 is 3.12 bits per heavy atom. The number of likely N-dealkylation sites (tertiary alicyclic amines) is 1. The van der Waals surface area contributed by atoms with Crippen LogP contribution < -0.4 is 10.6 Å². The van der Waals surface area contributed by atoms with Gasteiger partial charge in [0, 0.05) is 31.5 Å². The summed E-state index contributed by atoms with van der Waals surface area (Å²) >= 11 is 3.59. The second kappa shape index (κ2) is 7.02. The number of halogens is 1. The molecule has 26 heavy (non-hydrogen) atoms. The van der Waals surface area contributed by atoms with Gasteiger partial charge in [-0.3, -0.25) is 9.88 Å². The van der Waals surface area contributed by atoms with Crippen molar-refractivity contribution >= 4 is 27.6 Å². The molecule has 0 spiro atoms. The van der Waals surface area contributed by atoms with Crippen LogP contribution in [0.1, 0.15) is 25.3 Å². The third-order valence-electron chi connectivity index (χ3n) is 5.12. The van der Waals surface area contributed by atoms with Gasteiger partial charge in [0.15, 0.2) is 0 Å². The fourth-order valence-electron chi connectivity index (χ4n) is 3.84. The van der Waals surface area contributed by atoms with Gasteiger partial charge in [-0.15, -0.1) is 0 Å². The summed E-state index contributed by atoms with van der Waals surface area (Å²) in [7, 11) is 0. The van der Waals surface area contributed by atoms with Gasteiger partial charge in [0.05, 0.1) is 17.3 Å². The molecular formula is C18H23BrN6O. The van der Waals surface area contributed by atoms with Crippen LogP contribution in [-0.2, 0) is 6.54 Å². The smallest absolute Gasteiger partial charge is 0.147 e. The molecule has 0 saturated carbocycles. The minimum Gasteiger partial charge on any atom is -0.395 e. The quantitative estimate of drug-likeness (QED) is 0.690. The zero-order valence-electron chi connectivity index (χ0n) is 14.7. The van der Waals surface area contributed by atoms with E-state index in [9.17, 15) is 5.11 Å². The monoisotopic (exact) mass is 418 g/mol. The maximum absolute atomic E-state index is 9.77. The van der Waals surface area contributed by atoms with E-state index in [1.807, 2.05) is 23.0 Å². The van der Waals surface area contributed by atoms with Crippen LogP contribution in [0, 0.1) is 0 Å². The Balaban J connectivity index is 1.65. The first-order chi connectivity index (χ1) is 12.6. The fraction of sp³-hybridized carbons (Fsp3) is 0.444. The van der Waals surface area contributed by atoms with Crippen LogP contribution in [0.3, 0.4) is 0 Å². The van der Waals surface area contributed by atoms with Crippen LogP contribution in [0.25, 0.3) is 5.82 Å². The molecule has 0 aliphatic carbocycles. The lowest BCUT2D eigenvalue weighted by Gasteiger charge is -2.43. The van der Waals surface area contributed by atoms with Gasteiger partial charge in [-0.1, -0.05) is 6.07 Å². The van der Waals surface area contributed by atoms with Crippen molar-refractivity contribution in [2.24, 2.45) is 0 Å². The summed E-state index contributed by atoms with van der Waals surface area (Å²) in [4.78, 5) is 6.51. The normalized spacial score (nSPS) is 25.5. The second-order valence-electron chi connectivity index (χ2n) is 6.94. The molecule has 2 aliphatic rings. The molecule has 0 amide bonds. The topological polar surface area (TPSA) is 78.2 Å². The van der Waals surface area contributed by atoms with Gasteiger partial charge in [-0.25, -0.2) is 4.68 Å². The van der Waals surface area contributed by atoms with Crippen LogP contribution >= 0.6 is 15.9 Å². The summed E-state index contributed by atoms with van der Waals surface area (Å²) in [6.45, 7) is 3.93. The van der Waals surface area contributed by atoms with Crippen LogP contribution in [0.4, 0.5) is 5.82 Å². The number of hydrogen-bond acceptors (Lipinski definition) is 6. The Morgan fingerprint density at radius 2 is 2.35 bits per heavy atom. The van der Waals surface area contributed by atoms with E-state index in [4.69, 9.17) is 0 Å². The highest BCUT2D eigenvalue weighted by atomic mass is 79.9. The van der Waals surface area contributed by atoms with Crippen LogP contribution in [0.15, 0.2) is 41.3 Å². The lowest BCUT2D eigenvalue weighted by atomic mass is 10.1. The number of aliphatic hydroxyl groups excluding tert-OH is 1. The number of aliphatic hydroxyl groups is 1. The molecule has 2 aliphatic heterocycles. The van der Waals surface area contributed by atoms with Gasteiger partial charge in [-0.2, -0.15) is 5.10 Å². The van der Waals surface area contributed by atoms with E-state index < -0.39 is 5.66 Å². The zero-order chi connectivity index (χ0) is 18.1. The van der Waals surface area contributed by atoms with Crippen molar-refractivity contribution < 1.29 is 5.11 Å². The van der Waals surface area contributed by atoms with E-state index in [0.717, 1.165) is 41.1 Å². The highest BCUT2D eigenvalue weighted by molar-refractivity contribution is 9.10. The average Bonchev–Trinajstić information content (AvgIpc) is 3.28. The molecule has 138 valence electrons. The second-order valence-corrected chi connectivity index (χ2v) is 7.80. The summed E-state index contributed by atoms with van der Waals surface area (Å²) in [5.74, 6) is 1.83. The van der Waals surface area contributed by atoms with Gasteiger partial charge >= 0.3 is 0 Å².